The largest absolute Gasteiger partial charge is 0.494 e. The number of hydrogen-bond donors (Lipinski definition) is 1. The molecule has 1 amide bonds. The lowest BCUT2D eigenvalue weighted by Gasteiger charge is -2.13. The molecule has 0 fully saturated rings. The number of rotatable bonds is 11. The van der Waals surface area contributed by atoms with Gasteiger partial charge in [-0.05, 0) is 55.3 Å². The van der Waals surface area contributed by atoms with Crippen molar-refractivity contribution in [2.45, 2.75) is 20.3 Å². The number of benzene rings is 2. The first-order chi connectivity index (χ1) is 15.0. The van der Waals surface area contributed by atoms with Gasteiger partial charge >= 0.3 is 5.97 Å². The third-order valence-corrected chi connectivity index (χ3v) is 4.14. The summed E-state index contributed by atoms with van der Waals surface area (Å²) in [6.07, 6.45) is 2.33. The Balaban J connectivity index is 2.05. The second kappa shape index (κ2) is 12.4. The van der Waals surface area contributed by atoms with Gasteiger partial charge in [-0.3, -0.25) is 4.79 Å². The molecule has 9 heteroatoms. The molecular formula is C22H25ClN2O6. The first-order valence-electron chi connectivity index (χ1n) is 9.70. The van der Waals surface area contributed by atoms with Gasteiger partial charge in [0.15, 0.2) is 18.1 Å². The van der Waals surface area contributed by atoms with Crippen LogP contribution in [0, 0.1) is 0 Å². The van der Waals surface area contributed by atoms with Crippen LogP contribution >= 0.6 is 11.6 Å². The maximum Gasteiger partial charge on any atom is 0.343 e. The molecule has 0 unspecified atom stereocenters. The summed E-state index contributed by atoms with van der Waals surface area (Å²) >= 11 is 6.27. The fourth-order valence-electron chi connectivity index (χ4n) is 2.41. The molecular weight excluding hydrogens is 424 g/mol. The van der Waals surface area contributed by atoms with E-state index >= 15 is 0 Å². The van der Waals surface area contributed by atoms with E-state index in [4.69, 9.17) is 25.8 Å². The number of halogens is 1. The van der Waals surface area contributed by atoms with Gasteiger partial charge in [-0.1, -0.05) is 18.5 Å². The van der Waals surface area contributed by atoms with Crippen molar-refractivity contribution in [2.24, 2.45) is 5.10 Å². The minimum absolute atomic E-state index is 0.223. The van der Waals surface area contributed by atoms with E-state index in [1.54, 1.807) is 43.3 Å². The molecule has 2 rings (SSSR count). The van der Waals surface area contributed by atoms with Crippen molar-refractivity contribution in [3.05, 3.63) is 52.5 Å². The van der Waals surface area contributed by atoms with Crippen LogP contribution in [0.2, 0.25) is 5.02 Å². The molecule has 1 N–H and O–H groups in total. The van der Waals surface area contributed by atoms with Crippen molar-refractivity contribution in [2.75, 3.05) is 26.9 Å². The van der Waals surface area contributed by atoms with E-state index in [9.17, 15) is 9.59 Å². The summed E-state index contributed by atoms with van der Waals surface area (Å²) in [7, 11) is 1.26. The summed E-state index contributed by atoms with van der Waals surface area (Å²) in [4.78, 5) is 23.6. The molecule has 0 aliphatic carbocycles. The number of methoxy groups -OCH3 is 1. The molecule has 2 aromatic carbocycles. The van der Waals surface area contributed by atoms with Crippen LogP contribution < -0.4 is 19.6 Å². The number of nitrogens with one attached hydrogen (secondary N) is 1. The normalized spacial score (nSPS) is 10.6. The fraction of sp³-hybridized carbons (Fsp3) is 0.318. The first-order valence-corrected chi connectivity index (χ1v) is 10.1. The Morgan fingerprint density at radius 3 is 2.48 bits per heavy atom. The van der Waals surface area contributed by atoms with Crippen LogP contribution in [0.3, 0.4) is 0 Å². The van der Waals surface area contributed by atoms with E-state index in [0.29, 0.717) is 35.8 Å². The molecule has 0 saturated carbocycles. The molecule has 0 bridgehead atoms. The SMILES string of the molecule is CCCOc1ccc(C(=O)N/N=C/c2cc(Cl)c(OCC(=O)OC)c(OCC)c2)cc1. The standard InChI is InChI=1S/C22H25ClN2O6/c1-4-10-30-17-8-6-16(7-9-17)22(27)25-24-13-15-11-18(23)21(19(12-15)29-5-2)31-14-20(26)28-3/h6-9,11-13H,4-5,10,14H2,1-3H3,(H,25,27)/b24-13+. The first kappa shape index (κ1) is 24.0. The van der Waals surface area contributed by atoms with Crippen LogP contribution in [-0.4, -0.2) is 45.0 Å². The molecule has 0 spiro atoms. The zero-order chi connectivity index (χ0) is 22.6. The smallest absolute Gasteiger partial charge is 0.343 e. The predicted molar refractivity (Wildman–Crippen MR) is 117 cm³/mol. The maximum absolute atomic E-state index is 12.2. The molecule has 0 aromatic heterocycles. The average Bonchev–Trinajstić information content (AvgIpc) is 2.77. The van der Waals surface area contributed by atoms with E-state index < -0.39 is 5.97 Å². The number of hydrogen-bond acceptors (Lipinski definition) is 7. The van der Waals surface area contributed by atoms with Crippen molar-refractivity contribution in [1.82, 2.24) is 5.43 Å². The summed E-state index contributed by atoms with van der Waals surface area (Å²) in [5, 5.41) is 4.19. The minimum atomic E-state index is -0.545. The third kappa shape index (κ3) is 7.49. The van der Waals surface area contributed by atoms with Gasteiger partial charge in [0.1, 0.15) is 5.75 Å². The van der Waals surface area contributed by atoms with Crippen molar-refractivity contribution in [3.8, 4) is 17.2 Å². The molecule has 0 atom stereocenters. The summed E-state index contributed by atoms with van der Waals surface area (Å²) in [6.45, 7) is 4.50. The Hall–Kier alpha value is -3.26. The van der Waals surface area contributed by atoms with Gasteiger partial charge < -0.3 is 18.9 Å². The Kier molecular flexibility index (Phi) is 9.64. The third-order valence-electron chi connectivity index (χ3n) is 3.86. The Morgan fingerprint density at radius 2 is 1.84 bits per heavy atom. The zero-order valence-corrected chi connectivity index (χ0v) is 18.4. The molecule has 8 nitrogen and oxygen atoms in total. The number of carbonyl (C=O) groups is 2. The van der Waals surface area contributed by atoms with Crippen LogP contribution in [0.1, 0.15) is 36.2 Å². The average molecular weight is 449 g/mol. The molecule has 0 radical (unpaired) electrons. The second-order valence-electron chi connectivity index (χ2n) is 6.20. The quantitative estimate of drug-likeness (QED) is 0.319. The van der Waals surface area contributed by atoms with Crippen molar-refractivity contribution in [3.63, 3.8) is 0 Å². The number of esters is 1. The minimum Gasteiger partial charge on any atom is -0.494 e. The van der Waals surface area contributed by atoms with Crippen LogP contribution in [0.4, 0.5) is 0 Å². The van der Waals surface area contributed by atoms with Crippen LogP contribution in [-0.2, 0) is 9.53 Å². The summed E-state index contributed by atoms with van der Waals surface area (Å²) in [5.41, 5.74) is 3.47. The molecule has 0 aliphatic rings. The Labute approximate surface area is 186 Å². The highest BCUT2D eigenvalue weighted by molar-refractivity contribution is 6.32. The number of amides is 1. The molecule has 2 aromatic rings. The summed E-state index contributed by atoms with van der Waals surface area (Å²) in [5.74, 6) is 0.355. The summed E-state index contributed by atoms with van der Waals surface area (Å²) in [6, 6.07) is 10.00. The van der Waals surface area contributed by atoms with E-state index in [1.165, 1.54) is 13.3 Å². The molecule has 166 valence electrons. The van der Waals surface area contributed by atoms with E-state index in [0.717, 1.165) is 6.42 Å². The van der Waals surface area contributed by atoms with Crippen molar-refractivity contribution >= 4 is 29.7 Å². The monoisotopic (exact) mass is 448 g/mol. The number of nitrogens with zero attached hydrogens (tertiary/aromatic N) is 1. The molecule has 31 heavy (non-hydrogen) atoms. The van der Waals surface area contributed by atoms with E-state index in [2.05, 4.69) is 15.3 Å². The lowest BCUT2D eigenvalue weighted by Crippen LogP contribution is -2.17. The van der Waals surface area contributed by atoms with Gasteiger partial charge in [0.25, 0.3) is 5.91 Å². The number of hydrazone groups is 1. The second-order valence-corrected chi connectivity index (χ2v) is 6.61. The van der Waals surface area contributed by atoms with Crippen LogP contribution in [0.5, 0.6) is 17.2 Å². The highest BCUT2D eigenvalue weighted by Crippen LogP contribution is 2.36. The Bertz CT molecular complexity index is 915. The van der Waals surface area contributed by atoms with Gasteiger partial charge in [-0.25, -0.2) is 10.2 Å². The number of ether oxygens (including phenoxy) is 4. The van der Waals surface area contributed by atoms with E-state index in [1.807, 2.05) is 6.92 Å². The molecule has 0 heterocycles. The highest BCUT2D eigenvalue weighted by Gasteiger charge is 2.14. The highest BCUT2D eigenvalue weighted by atomic mass is 35.5. The van der Waals surface area contributed by atoms with Gasteiger partial charge in [0.2, 0.25) is 0 Å². The van der Waals surface area contributed by atoms with Gasteiger partial charge in [-0.15, -0.1) is 0 Å². The van der Waals surface area contributed by atoms with Crippen LogP contribution in [0.25, 0.3) is 0 Å². The Morgan fingerprint density at radius 1 is 1.10 bits per heavy atom. The van der Waals surface area contributed by atoms with Gasteiger partial charge in [-0.2, -0.15) is 5.10 Å². The van der Waals surface area contributed by atoms with Crippen molar-refractivity contribution < 1.29 is 28.5 Å². The molecule has 0 aliphatic heterocycles. The topological polar surface area (TPSA) is 95.5 Å². The maximum atomic E-state index is 12.2. The van der Waals surface area contributed by atoms with Crippen LogP contribution in [0.15, 0.2) is 41.5 Å². The predicted octanol–water partition coefficient (Wildman–Crippen LogP) is 3.84. The lowest BCUT2D eigenvalue weighted by atomic mass is 10.2. The van der Waals surface area contributed by atoms with Gasteiger partial charge in [0.05, 0.1) is 31.6 Å². The fourth-order valence-corrected chi connectivity index (χ4v) is 2.68. The molecule has 0 saturated heterocycles. The van der Waals surface area contributed by atoms with Crippen molar-refractivity contribution in [1.29, 1.82) is 0 Å². The van der Waals surface area contributed by atoms with Gasteiger partial charge in [0, 0.05) is 5.56 Å². The number of carbonyl (C=O) groups excluding carboxylic acids is 2. The lowest BCUT2D eigenvalue weighted by molar-refractivity contribution is -0.142. The zero-order valence-electron chi connectivity index (χ0n) is 17.6. The summed E-state index contributed by atoms with van der Waals surface area (Å²) < 4.78 is 21.0. The van der Waals surface area contributed by atoms with E-state index in [-0.39, 0.29) is 23.3 Å².